The number of nitrogens with zero attached hydrogens (tertiary/aromatic N) is 4. The predicted molar refractivity (Wildman–Crippen MR) is 126 cm³/mol. The van der Waals surface area contributed by atoms with Crippen LogP contribution in [0.3, 0.4) is 0 Å². The van der Waals surface area contributed by atoms with Crippen LogP contribution in [0.4, 0.5) is 10.6 Å². The maximum atomic E-state index is 13.2. The molecule has 6 nitrogen and oxygen atoms in total. The molecule has 5 fully saturated rings. The molecule has 166 valence electrons. The summed E-state index contributed by atoms with van der Waals surface area (Å²) in [4.78, 5) is 22.6. The molecule has 8 rings (SSSR count). The number of aromatic nitrogens is 2. The number of carbonyl (C=O) groups excluding carboxylic acids is 1. The molecule has 32 heavy (non-hydrogen) atoms. The van der Waals surface area contributed by atoms with Crippen LogP contribution in [0, 0.1) is 17.8 Å². The van der Waals surface area contributed by atoms with Crippen molar-refractivity contribution in [2.75, 3.05) is 31.1 Å². The van der Waals surface area contributed by atoms with E-state index in [0.29, 0.717) is 0 Å². The smallest absolute Gasteiger partial charge is 0.317 e. The van der Waals surface area contributed by atoms with Crippen LogP contribution in [0.15, 0.2) is 42.6 Å². The highest BCUT2D eigenvalue weighted by atomic mass is 16.2. The molecule has 0 radical (unpaired) electrons. The van der Waals surface area contributed by atoms with Crippen LogP contribution in [0.25, 0.3) is 16.6 Å². The van der Waals surface area contributed by atoms with Crippen LogP contribution in [0.1, 0.15) is 38.5 Å². The van der Waals surface area contributed by atoms with Gasteiger partial charge in [0.15, 0.2) is 5.82 Å². The van der Waals surface area contributed by atoms with Crippen molar-refractivity contribution in [1.82, 2.24) is 19.6 Å². The van der Waals surface area contributed by atoms with E-state index in [9.17, 15) is 4.79 Å². The van der Waals surface area contributed by atoms with Gasteiger partial charge in [0.2, 0.25) is 0 Å². The fraction of sp³-hybridized carbons (Fsp3) is 0.538. The summed E-state index contributed by atoms with van der Waals surface area (Å²) in [5.74, 6) is 3.57. The molecule has 0 unspecified atom stereocenters. The molecule has 4 aliphatic carbocycles. The second kappa shape index (κ2) is 6.87. The summed E-state index contributed by atoms with van der Waals surface area (Å²) in [6.45, 7) is 3.14. The third kappa shape index (κ3) is 2.91. The van der Waals surface area contributed by atoms with Gasteiger partial charge in [0.1, 0.15) is 0 Å². The Morgan fingerprint density at radius 1 is 0.875 bits per heavy atom. The van der Waals surface area contributed by atoms with Crippen molar-refractivity contribution in [2.24, 2.45) is 17.8 Å². The summed E-state index contributed by atoms with van der Waals surface area (Å²) in [6.07, 6.45) is 9.94. The monoisotopic (exact) mass is 429 g/mol. The molecule has 0 atom stereocenters. The Labute approximate surface area is 188 Å². The van der Waals surface area contributed by atoms with E-state index >= 15 is 0 Å². The van der Waals surface area contributed by atoms with E-state index in [1.165, 1.54) is 38.5 Å². The Balaban J connectivity index is 1.07. The summed E-state index contributed by atoms with van der Waals surface area (Å²) in [5, 5.41) is 3.55. The third-order valence-corrected chi connectivity index (χ3v) is 8.62. The van der Waals surface area contributed by atoms with Crippen molar-refractivity contribution >= 4 is 28.4 Å². The summed E-state index contributed by atoms with van der Waals surface area (Å²) in [5.41, 5.74) is 3.36. The molecular weight excluding hydrogens is 398 g/mol. The zero-order valence-corrected chi connectivity index (χ0v) is 18.5. The topological polar surface area (TPSA) is 52.9 Å². The molecule has 4 saturated carbocycles. The molecule has 3 heterocycles. The van der Waals surface area contributed by atoms with Crippen LogP contribution in [0.2, 0.25) is 0 Å². The molecule has 5 aliphatic rings. The Bertz CT molecular complexity index is 1160. The second-order valence-corrected chi connectivity index (χ2v) is 10.8. The zero-order chi connectivity index (χ0) is 21.3. The van der Waals surface area contributed by atoms with E-state index in [1.807, 2.05) is 11.0 Å². The normalized spacial score (nSPS) is 31.6. The average Bonchev–Trinajstić information content (AvgIpc) is 3.28. The highest BCUT2D eigenvalue weighted by molar-refractivity contribution is 5.85. The summed E-state index contributed by atoms with van der Waals surface area (Å²) in [6, 6.07) is 12.7. The first-order valence-electron chi connectivity index (χ1n) is 12.3. The standard InChI is InChI=1S/C26H31N5O/c32-25(28-26-15-18-12-19(16-26)14-20(13-18)17-26)30-10-8-29(9-11-30)24-23-6-3-7-31(23)22-5-2-1-4-21(22)27-24/h1-7,18-20H,8-17H2,(H,28,32). The first-order valence-corrected chi connectivity index (χ1v) is 12.3. The van der Waals surface area contributed by atoms with Crippen LogP contribution in [-0.4, -0.2) is 52.0 Å². The van der Waals surface area contributed by atoms with Crippen LogP contribution >= 0.6 is 0 Å². The molecule has 1 saturated heterocycles. The molecule has 2 aromatic heterocycles. The van der Waals surface area contributed by atoms with E-state index in [4.69, 9.17) is 4.98 Å². The number of benzene rings is 1. The Morgan fingerprint density at radius 2 is 1.53 bits per heavy atom. The first-order chi connectivity index (χ1) is 15.7. The quantitative estimate of drug-likeness (QED) is 0.661. The minimum atomic E-state index is 0.0843. The number of para-hydroxylation sites is 2. The Morgan fingerprint density at radius 3 is 2.25 bits per heavy atom. The van der Waals surface area contributed by atoms with E-state index < -0.39 is 0 Å². The van der Waals surface area contributed by atoms with Crippen LogP contribution in [-0.2, 0) is 0 Å². The molecule has 0 spiro atoms. The van der Waals surface area contributed by atoms with Gasteiger partial charge in [-0.25, -0.2) is 9.78 Å². The zero-order valence-electron chi connectivity index (χ0n) is 18.5. The largest absolute Gasteiger partial charge is 0.351 e. The lowest BCUT2D eigenvalue weighted by atomic mass is 9.53. The number of carbonyl (C=O) groups is 1. The van der Waals surface area contributed by atoms with E-state index in [1.54, 1.807) is 0 Å². The van der Waals surface area contributed by atoms with E-state index in [-0.39, 0.29) is 11.6 Å². The minimum Gasteiger partial charge on any atom is -0.351 e. The van der Waals surface area contributed by atoms with Crippen LogP contribution in [0.5, 0.6) is 0 Å². The lowest BCUT2D eigenvalue weighted by Crippen LogP contribution is -2.63. The fourth-order valence-corrected chi connectivity index (χ4v) is 7.63. The maximum Gasteiger partial charge on any atom is 0.317 e. The lowest BCUT2D eigenvalue weighted by Gasteiger charge is -2.57. The van der Waals surface area contributed by atoms with Gasteiger partial charge in [0.05, 0.1) is 16.6 Å². The van der Waals surface area contributed by atoms with Crippen molar-refractivity contribution in [2.45, 2.75) is 44.1 Å². The number of urea groups is 1. The van der Waals surface area contributed by atoms with Crippen molar-refractivity contribution in [1.29, 1.82) is 0 Å². The lowest BCUT2D eigenvalue weighted by molar-refractivity contribution is -0.0157. The van der Waals surface area contributed by atoms with Gasteiger partial charge in [0.25, 0.3) is 0 Å². The van der Waals surface area contributed by atoms with Crippen molar-refractivity contribution in [3.8, 4) is 0 Å². The van der Waals surface area contributed by atoms with Gasteiger partial charge in [-0.2, -0.15) is 0 Å². The number of hydrogen-bond donors (Lipinski definition) is 1. The van der Waals surface area contributed by atoms with Gasteiger partial charge >= 0.3 is 6.03 Å². The predicted octanol–water partition coefficient (Wildman–Crippen LogP) is 4.29. The number of hydrogen-bond acceptors (Lipinski definition) is 3. The van der Waals surface area contributed by atoms with E-state index in [2.05, 4.69) is 51.1 Å². The Kier molecular flexibility index (Phi) is 4.03. The molecule has 1 aromatic carbocycles. The van der Waals surface area contributed by atoms with Crippen molar-refractivity contribution < 1.29 is 4.79 Å². The molecule has 1 aliphatic heterocycles. The highest BCUT2D eigenvalue weighted by Crippen LogP contribution is 2.55. The van der Waals surface area contributed by atoms with Gasteiger partial charge in [-0.05, 0) is 80.5 Å². The highest BCUT2D eigenvalue weighted by Gasteiger charge is 2.51. The second-order valence-electron chi connectivity index (χ2n) is 10.8. The summed E-state index contributed by atoms with van der Waals surface area (Å²) >= 11 is 0. The third-order valence-electron chi connectivity index (χ3n) is 8.62. The van der Waals surface area contributed by atoms with Crippen LogP contribution < -0.4 is 10.2 Å². The molecule has 4 bridgehead atoms. The first kappa shape index (κ1) is 18.8. The van der Waals surface area contributed by atoms with E-state index in [0.717, 1.165) is 66.3 Å². The fourth-order valence-electron chi connectivity index (χ4n) is 7.63. The summed E-state index contributed by atoms with van der Waals surface area (Å²) in [7, 11) is 0. The van der Waals surface area contributed by atoms with Crippen molar-refractivity contribution in [3.63, 3.8) is 0 Å². The van der Waals surface area contributed by atoms with Gasteiger partial charge in [0, 0.05) is 37.9 Å². The molecule has 1 N–H and O–H groups in total. The number of rotatable bonds is 2. The number of amides is 2. The number of nitrogens with one attached hydrogen (secondary N) is 1. The molecular formula is C26H31N5O. The maximum absolute atomic E-state index is 13.2. The number of fused-ring (bicyclic) bond motifs is 3. The minimum absolute atomic E-state index is 0.0843. The molecule has 6 heteroatoms. The van der Waals surface area contributed by atoms with Gasteiger partial charge in [-0.3, -0.25) is 0 Å². The van der Waals surface area contributed by atoms with Gasteiger partial charge in [-0.15, -0.1) is 0 Å². The Hall–Kier alpha value is -2.76. The van der Waals surface area contributed by atoms with Crippen molar-refractivity contribution in [3.05, 3.63) is 42.6 Å². The molecule has 3 aromatic rings. The summed E-state index contributed by atoms with van der Waals surface area (Å²) < 4.78 is 2.23. The molecule has 2 amide bonds. The number of anilines is 1. The average molecular weight is 430 g/mol. The van der Waals surface area contributed by atoms with Gasteiger partial charge in [-0.1, -0.05) is 12.1 Å². The van der Waals surface area contributed by atoms with Gasteiger partial charge < -0.3 is 19.5 Å². The number of piperazine rings is 1. The SMILES string of the molecule is O=C(NC12CC3CC(CC(C3)C1)C2)N1CCN(c2nc3ccccc3n3cccc23)CC1.